The summed E-state index contributed by atoms with van der Waals surface area (Å²) >= 11 is 1.70. The minimum absolute atomic E-state index is 0.283. The van der Waals surface area contributed by atoms with Gasteiger partial charge >= 0.3 is 0 Å². The lowest BCUT2D eigenvalue weighted by atomic mass is 9.82. The standard InChI is InChI=1S/C14H23N3S/c1-5-15-11(2)8-14(3,4)9-12-10-17-6-7-18-13(17)16-12/h6-7,10-11,15H,5,8-9H2,1-4H3. The maximum atomic E-state index is 4.67. The summed E-state index contributed by atoms with van der Waals surface area (Å²) in [5, 5.41) is 5.56. The highest BCUT2D eigenvalue weighted by atomic mass is 32.1. The van der Waals surface area contributed by atoms with Crippen LogP contribution in [-0.4, -0.2) is 22.0 Å². The zero-order valence-corrected chi connectivity index (χ0v) is 12.5. The van der Waals surface area contributed by atoms with Crippen molar-refractivity contribution in [2.45, 2.75) is 46.6 Å². The molecule has 0 saturated carbocycles. The zero-order valence-electron chi connectivity index (χ0n) is 11.7. The first-order valence-corrected chi connectivity index (χ1v) is 7.52. The minimum Gasteiger partial charge on any atom is -0.315 e. The van der Waals surface area contributed by atoms with Gasteiger partial charge in [0, 0.05) is 23.8 Å². The van der Waals surface area contributed by atoms with Crippen molar-refractivity contribution in [3.63, 3.8) is 0 Å². The first-order chi connectivity index (χ1) is 8.50. The lowest BCUT2D eigenvalue weighted by Crippen LogP contribution is -2.32. The molecule has 2 rings (SSSR count). The van der Waals surface area contributed by atoms with Crippen LogP contribution in [0.2, 0.25) is 0 Å². The normalized spacial score (nSPS) is 14.2. The van der Waals surface area contributed by atoms with Crippen molar-refractivity contribution in [1.29, 1.82) is 0 Å². The molecule has 2 aromatic rings. The maximum Gasteiger partial charge on any atom is 0.193 e. The molecule has 18 heavy (non-hydrogen) atoms. The van der Waals surface area contributed by atoms with Gasteiger partial charge in [-0.3, -0.25) is 4.40 Å². The smallest absolute Gasteiger partial charge is 0.193 e. The Balaban J connectivity index is 2.00. The van der Waals surface area contributed by atoms with Crippen LogP contribution in [0.5, 0.6) is 0 Å². The van der Waals surface area contributed by atoms with Gasteiger partial charge in [-0.1, -0.05) is 20.8 Å². The van der Waals surface area contributed by atoms with Crippen molar-refractivity contribution in [2.24, 2.45) is 5.41 Å². The molecule has 1 unspecified atom stereocenters. The van der Waals surface area contributed by atoms with Crippen molar-refractivity contribution < 1.29 is 0 Å². The van der Waals surface area contributed by atoms with Gasteiger partial charge in [0.2, 0.25) is 0 Å². The van der Waals surface area contributed by atoms with Gasteiger partial charge in [-0.15, -0.1) is 11.3 Å². The third-order valence-electron chi connectivity index (χ3n) is 3.21. The van der Waals surface area contributed by atoms with Crippen molar-refractivity contribution in [1.82, 2.24) is 14.7 Å². The van der Waals surface area contributed by atoms with Crippen LogP contribution in [0, 0.1) is 5.41 Å². The van der Waals surface area contributed by atoms with Crippen molar-refractivity contribution in [2.75, 3.05) is 6.54 Å². The predicted molar refractivity (Wildman–Crippen MR) is 78.3 cm³/mol. The fraction of sp³-hybridized carbons (Fsp3) is 0.643. The van der Waals surface area contributed by atoms with Gasteiger partial charge in [0.15, 0.2) is 4.96 Å². The van der Waals surface area contributed by atoms with E-state index >= 15 is 0 Å². The number of hydrogen-bond donors (Lipinski definition) is 1. The molecule has 2 aromatic heterocycles. The lowest BCUT2D eigenvalue weighted by molar-refractivity contribution is 0.287. The van der Waals surface area contributed by atoms with Gasteiger partial charge in [-0.05, 0) is 31.7 Å². The molecule has 0 spiro atoms. The summed E-state index contributed by atoms with van der Waals surface area (Å²) in [6, 6.07) is 0.564. The van der Waals surface area contributed by atoms with Crippen LogP contribution in [-0.2, 0) is 6.42 Å². The molecule has 100 valence electrons. The Morgan fingerprint density at radius 3 is 2.94 bits per heavy atom. The predicted octanol–water partition coefficient (Wildman–Crippen LogP) is 3.35. The summed E-state index contributed by atoms with van der Waals surface area (Å²) in [7, 11) is 0. The van der Waals surface area contributed by atoms with E-state index in [2.05, 4.69) is 60.2 Å². The molecule has 0 fully saturated rings. The molecule has 0 aliphatic heterocycles. The summed E-state index contributed by atoms with van der Waals surface area (Å²) in [5.41, 5.74) is 1.49. The molecule has 0 saturated heterocycles. The molecule has 3 nitrogen and oxygen atoms in total. The van der Waals surface area contributed by atoms with E-state index in [0.29, 0.717) is 6.04 Å². The van der Waals surface area contributed by atoms with E-state index in [1.54, 1.807) is 11.3 Å². The largest absolute Gasteiger partial charge is 0.315 e. The summed E-state index contributed by atoms with van der Waals surface area (Å²) in [5.74, 6) is 0. The van der Waals surface area contributed by atoms with E-state index in [1.165, 1.54) is 12.1 Å². The quantitative estimate of drug-likeness (QED) is 0.868. The minimum atomic E-state index is 0.283. The molecule has 0 amide bonds. The summed E-state index contributed by atoms with van der Waals surface area (Å²) in [6.45, 7) is 10.1. The fourth-order valence-electron chi connectivity index (χ4n) is 2.67. The third-order valence-corrected chi connectivity index (χ3v) is 3.98. The third kappa shape index (κ3) is 3.33. The van der Waals surface area contributed by atoms with Gasteiger partial charge in [-0.25, -0.2) is 4.98 Å². The Hall–Kier alpha value is -0.870. The Morgan fingerprint density at radius 1 is 1.50 bits per heavy atom. The highest BCUT2D eigenvalue weighted by molar-refractivity contribution is 7.15. The summed E-state index contributed by atoms with van der Waals surface area (Å²) in [4.78, 5) is 5.77. The average molecular weight is 265 g/mol. The number of thiazole rings is 1. The van der Waals surface area contributed by atoms with E-state index in [1.807, 2.05) is 0 Å². The fourth-order valence-corrected chi connectivity index (χ4v) is 3.39. The molecule has 0 bridgehead atoms. The van der Waals surface area contributed by atoms with E-state index < -0.39 is 0 Å². The number of imidazole rings is 1. The molecule has 2 heterocycles. The molecule has 0 aliphatic carbocycles. The van der Waals surface area contributed by atoms with Crippen LogP contribution >= 0.6 is 11.3 Å². The number of fused-ring (bicyclic) bond motifs is 1. The molecular formula is C14H23N3S. The molecule has 1 atom stereocenters. The van der Waals surface area contributed by atoms with Crippen LogP contribution in [0.4, 0.5) is 0 Å². The number of nitrogens with zero attached hydrogens (tertiary/aromatic N) is 2. The van der Waals surface area contributed by atoms with E-state index in [-0.39, 0.29) is 5.41 Å². The Labute approximate surface area is 113 Å². The molecule has 0 aromatic carbocycles. The highest BCUT2D eigenvalue weighted by Gasteiger charge is 2.22. The topological polar surface area (TPSA) is 29.3 Å². The summed E-state index contributed by atoms with van der Waals surface area (Å²) in [6.07, 6.45) is 6.44. The van der Waals surface area contributed by atoms with Gasteiger partial charge < -0.3 is 5.32 Å². The van der Waals surface area contributed by atoms with Crippen molar-refractivity contribution in [3.8, 4) is 0 Å². The number of nitrogens with one attached hydrogen (secondary N) is 1. The first kappa shape index (κ1) is 13.6. The second kappa shape index (κ2) is 5.41. The second-order valence-electron chi connectivity index (χ2n) is 5.83. The number of rotatable bonds is 6. The number of aromatic nitrogens is 2. The van der Waals surface area contributed by atoms with Crippen molar-refractivity contribution >= 4 is 16.3 Å². The summed E-state index contributed by atoms with van der Waals surface area (Å²) < 4.78 is 2.11. The van der Waals surface area contributed by atoms with Crippen molar-refractivity contribution in [3.05, 3.63) is 23.5 Å². The first-order valence-electron chi connectivity index (χ1n) is 6.64. The van der Waals surface area contributed by atoms with E-state index in [9.17, 15) is 0 Å². The van der Waals surface area contributed by atoms with Gasteiger partial charge in [-0.2, -0.15) is 0 Å². The maximum absolute atomic E-state index is 4.67. The van der Waals surface area contributed by atoms with E-state index in [0.717, 1.165) is 17.9 Å². The zero-order chi connectivity index (χ0) is 13.2. The van der Waals surface area contributed by atoms with Crippen LogP contribution in [0.1, 0.15) is 39.8 Å². The Morgan fingerprint density at radius 2 is 2.28 bits per heavy atom. The highest BCUT2D eigenvalue weighted by Crippen LogP contribution is 2.27. The SMILES string of the molecule is CCNC(C)CC(C)(C)Cc1cn2ccsc2n1. The van der Waals surface area contributed by atoms with Gasteiger partial charge in [0.1, 0.15) is 0 Å². The van der Waals surface area contributed by atoms with Crippen LogP contribution < -0.4 is 5.32 Å². The molecule has 0 aliphatic rings. The number of hydrogen-bond acceptors (Lipinski definition) is 3. The molecule has 1 N–H and O–H groups in total. The molecule has 0 radical (unpaired) electrons. The van der Waals surface area contributed by atoms with Crippen LogP contribution in [0.25, 0.3) is 4.96 Å². The Kier molecular flexibility index (Phi) is 4.07. The van der Waals surface area contributed by atoms with E-state index in [4.69, 9.17) is 0 Å². The molecule has 4 heteroatoms. The molecular weight excluding hydrogens is 242 g/mol. The monoisotopic (exact) mass is 265 g/mol. The van der Waals surface area contributed by atoms with Gasteiger partial charge in [0.25, 0.3) is 0 Å². The average Bonchev–Trinajstić information content (AvgIpc) is 2.75. The van der Waals surface area contributed by atoms with Crippen LogP contribution in [0.3, 0.4) is 0 Å². The van der Waals surface area contributed by atoms with Crippen LogP contribution in [0.15, 0.2) is 17.8 Å². The second-order valence-corrected chi connectivity index (χ2v) is 6.70. The lowest BCUT2D eigenvalue weighted by Gasteiger charge is -2.27. The van der Waals surface area contributed by atoms with Gasteiger partial charge in [0.05, 0.1) is 5.69 Å². The Bertz CT molecular complexity index is 469.